The largest absolute Gasteiger partial charge is 0.296 e. The summed E-state index contributed by atoms with van der Waals surface area (Å²) >= 11 is 3.40. The Morgan fingerprint density at radius 1 is 1.04 bits per heavy atom. The fourth-order valence-electron chi connectivity index (χ4n) is 2.55. The van der Waals surface area contributed by atoms with E-state index in [-0.39, 0.29) is 11.3 Å². The lowest BCUT2D eigenvalue weighted by atomic mass is 10.1. The summed E-state index contributed by atoms with van der Waals surface area (Å²) in [5.41, 5.74) is 1.49. The van der Waals surface area contributed by atoms with Crippen LogP contribution in [-0.2, 0) is 6.42 Å². The highest BCUT2D eigenvalue weighted by Gasteiger charge is 2.11. The van der Waals surface area contributed by atoms with Crippen molar-refractivity contribution in [2.75, 3.05) is 0 Å². The van der Waals surface area contributed by atoms with E-state index >= 15 is 0 Å². The number of aromatic nitrogens is 3. The summed E-state index contributed by atoms with van der Waals surface area (Å²) in [7, 11) is 0. The van der Waals surface area contributed by atoms with Crippen molar-refractivity contribution in [1.82, 2.24) is 14.6 Å². The minimum absolute atomic E-state index is 0.259. The van der Waals surface area contributed by atoms with Gasteiger partial charge in [-0.15, -0.1) is 0 Å². The van der Waals surface area contributed by atoms with Gasteiger partial charge >= 0.3 is 0 Å². The van der Waals surface area contributed by atoms with Crippen LogP contribution in [0.4, 0.5) is 0 Å². The van der Waals surface area contributed by atoms with E-state index in [1.165, 1.54) is 15.9 Å². The third-order valence-corrected chi connectivity index (χ3v) is 5.51. The molecule has 0 saturated carbocycles. The van der Waals surface area contributed by atoms with Crippen molar-refractivity contribution in [3.63, 3.8) is 0 Å². The maximum absolute atomic E-state index is 12.7. The topological polar surface area (TPSA) is 64.3 Å². The fourth-order valence-corrected chi connectivity index (χ4v) is 3.82. The fraction of sp³-hybridized carbons (Fsp3) is 0.0526. The monoisotopic (exact) mass is 473 g/mol. The standard InChI is InChI=1S/C19H12IN3O2S/c20-14-8-6-13(7-9-14)11-16-18(25)23-19(26-16)21-17(24)15(22-23)10-12-4-2-1-3-5-12/h1-9,11H,10H2. The minimum atomic E-state index is -0.393. The first-order chi connectivity index (χ1) is 12.6. The molecule has 26 heavy (non-hydrogen) atoms. The maximum atomic E-state index is 12.7. The highest BCUT2D eigenvalue weighted by Crippen LogP contribution is 2.08. The van der Waals surface area contributed by atoms with Crippen LogP contribution in [0.3, 0.4) is 0 Å². The van der Waals surface area contributed by atoms with Crippen LogP contribution >= 0.6 is 33.9 Å². The van der Waals surface area contributed by atoms with Gasteiger partial charge in [0.2, 0.25) is 4.96 Å². The minimum Gasteiger partial charge on any atom is -0.266 e. The first-order valence-electron chi connectivity index (χ1n) is 7.84. The molecule has 0 radical (unpaired) electrons. The zero-order valence-electron chi connectivity index (χ0n) is 13.4. The van der Waals surface area contributed by atoms with Crippen molar-refractivity contribution in [3.8, 4) is 0 Å². The van der Waals surface area contributed by atoms with E-state index in [1.807, 2.05) is 54.6 Å². The van der Waals surface area contributed by atoms with Gasteiger partial charge in [-0.3, -0.25) is 9.59 Å². The van der Waals surface area contributed by atoms with Gasteiger partial charge in [-0.1, -0.05) is 53.8 Å². The zero-order valence-corrected chi connectivity index (χ0v) is 16.4. The van der Waals surface area contributed by atoms with E-state index in [9.17, 15) is 9.59 Å². The summed E-state index contributed by atoms with van der Waals surface area (Å²) in [6.45, 7) is 0. The summed E-state index contributed by atoms with van der Waals surface area (Å²) in [5, 5.41) is 4.26. The lowest BCUT2D eigenvalue weighted by Crippen LogP contribution is -2.28. The molecule has 0 atom stereocenters. The zero-order chi connectivity index (χ0) is 18.1. The SMILES string of the molecule is O=c1nc2sc(=Cc3ccc(I)cc3)c(=O)n2nc1Cc1ccccc1. The Balaban J connectivity index is 1.81. The van der Waals surface area contributed by atoms with Crippen molar-refractivity contribution in [2.45, 2.75) is 6.42 Å². The van der Waals surface area contributed by atoms with Crippen LogP contribution in [0.15, 0.2) is 64.2 Å². The molecule has 2 aromatic carbocycles. The van der Waals surface area contributed by atoms with Crippen molar-refractivity contribution >= 4 is 45.0 Å². The molecule has 0 aliphatic carbocycles. The van der Waals surface area contributed by atoms with Crippen LogP contribution in [0.25, 0.3) is 11.0 Å². The van der Waals surface area contributed by atoms with E-state index in [2.05, 4.69) is 32.7 Å². The number of benzene rings is 2. The number of hydrogen-bond acceptors (Lipinski definition) is 5. The molecule has 0 bridgehead atoms. The summed E-state index contributed by atoms with van der Waals surface area (Å²) in [6.07, 6.45) is 2.14. The molecule has 5 nitrogen and oxygen atoms in total. The van der Waals surface area contributed by atoms with Crippen LogP contribution in [0, 0.1) is 3.57 Å². The van der Waals surface area contributed by atoms with Gasteiger partial charge in [0, 0.05) is 9.99 Å². The molecule has 0 spiro atoms. The van der Waals surface area contributed by atoms with Gasteiger partial charge in [0.1, 0.15) is 5.69 Å². The van der Waals surface area contributed by atoms with E-state index in [0.717, 1.165) is 14.7 Å². The van der Waals surface area contributed by atoms with E-state index in [4.69, 9.17) is 0 Å². The van der Waals surface area contributed by atoms with Gasteiger partial charge < -0.3 is 0 Å². The Labute approximate surface area is 165 Å². The second-order valence-electron chi connectivity index (χ2n) is 5.69. The molecule has 0 fully saturated rings. The summed E-state index contributed by atoms with van der Waals surface area (Å²) in [6, 6.07) is 17.4. The van der Waals surface area contributed by atoms with E-state index in [0.29, 0.717) is 15.9 Å². The molecule has 0 unspecified atom stereocenters. The lowest BCUT2D eigenvalue weighted by molar-refractivity contribution is 0.811. The predicted molar refractivity (Wildman–Crippen MR) is 111 cm³/mol. The first-order valence-corrected chi connectivity index (χ1v) is 9.74. The van der Waals surface area contributed by atoms with E-state index < -0.39 is 5.56 Å². The Morgan fingerprint density at radius 2 is 1.77 bits per heavy atom. The quantitative estimate of drug-likeness (QED) is 0.429. The Hall–Kier alpha value is -2.39. The van der Waals surface area contributed by atoms with Crippen molar-refractivity contribution in [3.05, 3.63) is 100 Å². The molecule has 4 aromatic rings. The van der Waals surface area contributed by atoms with Crippen molar-refractivity contribution in [2.24, 2.45) is 0 Å². The number of fused-ring (bicyclic) bond motifs is 1. The average molecular weight is 473 g/mol. The van der Waals surface area contributed by atoms with Crippen LogP contribution in [-0.4, -0.2) is 14.6 Å². The molecule has 4 rings (SSSR count). The molecule has 2 aromatic heterocycles. The van der Waals surface area contributed by atoms with Crippen LogP contribution in [0.5, 0.6) is 0 Å². The summed E-state index contributed by atoms with van der Waals surface area (Å²) in [5.74, 6) is 0. The number of thiazole rings is 1. The predicted octanol–water partition coefficient (Wildman–Crippen LogP) is 2.25. The molecule has 0 N–H and O–H groups in total. The molecular weight excluding hydrogens is 461 g/mol. The number of halogens is 1. The molecular formula is C19H12IN3O2S. The second kappa shape index (κ2) is 7.08. The Kier molecular flexibility index (Phi) is 4.64. The van der Waals surface area contributed by atoms with Crippen molar-refractivity contribution < 1.29 is 0 Å². The summed E-state index contributed by atoms with van der Waals surface area (Å²) in [4.78, 5) is 29.3. The molecule has 2 heterocycles. The van der Waals surface area contributed by atoms with Gasteiger partial charge in [0.15, 0.2) is 0 Å². The Bertz CT molecular complexity index is 1250. The number of rotatable bonds is 3. The van der Waals surface area contributed by atoms with Gasteiger partial charge in [0.25, 0.3) is 11.1 Å². The van der Waals surface area contributed by atoms with Crippen molar-refractivity contribution in [1.29, 1.82) is 0 Å². The average Bonchev–Trinajstić information content (AvgIpc) is 2.93. The Morgan fingerprint density at radius 3 is 2.50 bits per heavy atom. The molecule has 0 aliphatic rings. The van der Waals surface area contributed by atoms with Crippen LogP contribution in [0.2, 0.25) is 0 Å². The molecule has 0 saturated heterocycles. The number of hydrogen-bond donors (Lipinski definition) is 0. The van der Waals surface area contributed by atoms with E-state index in [1.54, 1.807) is 6.08 Å². The first kappa shape index (κ1) is 17.0. The lowest BCUT2D eigenvalue weighted by Gasteiger charge is -1.99. The smallest absolute Gasteiger partial charge is 0.266 e. The van der Waals surface area contributed by atoms with Crippen LogP contribution < -0.4 is 15.7 Å². The summed E-state index contributed by atoms with van der Waals surface area (Å²) < 4.78 is 2.85. The highest BCUT2D eigenvalue weighted by atomic mass is 127. The van der Waals surface area contributed by atoms with Gasteiger partial charge in [-0.25, -0.2) is 0 Å². The second-order valence-corrected chi connectivity index (χ2v) is 7.94. The molecule has 0 aliphatic heterocycles. The van der Waals surface area contributed by atoms with Gasteiger partial charge in [-0.05, 0) is 51.9 Å². The van der Waals surface area contributed by atoms with Crippen LogP contribution in [0.1, 0.15) is 16.8 Å². The third kappa shape index (κ3) is 3.45. The normalized spacial score (nSPS) is 12.0. The number of nitrogens with zero attached hydrogens (tertiary/aromatic N) is 3. The molecule has 128 valence electrons. The maximum Gasteiger partial charge on any atom is 0.296 e. The van der Waals surface area contributed by atoms with Gasteiger partial charge in [-0.2, -0.15) is 14.6 Å². The molecule has 7 heteroatoms. The molecule has 0 amide bonds. The third-order valence-electron chi connectivity index (χ3n) is 3.83. The van der Waals surface area contributed by atoms with Gasteiger partial charge in [0.05, 0.1) is 4.53 Å². The highest BCUT2D eigenvalue weighted by molar-refractivity contribution is 14.1.